The number of nitrogens with two attached hydrogens (primary N) is 1. The fourth-order valence-electron chi connectivity index (χ4n) is 3.59. The minimum Gasteiger partial charge on any atom is -0.441 e. The number of aliphatic hydroxyl groups excluding tert-OH is 1. The lowest BCUT2D eigenvalue weighted by Crippen LogP contribution is -2.34. The van der Waals surface area contributed by atoms with E-state index in [4.69, 9.17) is 10.5 Å². The Kier molecular flexibility index (Phi) is 9.09. The molecule has 5 N–H and O–H groups in total. The van der Waals surface area contributed by atoms with Crippen LogP contribution >= 0.6 is 0 Å². The fourth-order valence-corrected chi connectivity index (χ4v) is 3.59. The Balaban J connectivity index is 1.64. The number of carbonyl (C=O) groups is 2. The third-order valence-electron chi connectivity index (χ3n) is 5.61. The van der Waals surface area contributed by atoms with Gasteiger partial charge in [-0.25, -0.2) is 4.79 Å². The van der Waals surface area contributed by atoms with Crippen molar-refractivity contribution in [3.8, 4) is 0 Å². The number of hydrogen-bond acceptors (Lipinski definition) is 6. The zero-order valence-electron chi connectivity index (χ0n) is 20.0. The van der Waals surface area contributed by atoms with E-state index in [1.165, 1.54) is 4.90 Å². The number of rotatable bonds is 10. The molecule has 0 aromatic heterocycles. The number of anilines is 3. The maximum atomic E-state index is 12.9. The number of hydrogen-bond donors (Lipinski definition) is 4. The van der Waals surface area contributed by atoms with Gasteiger partial charge in [0, 0.05) is 31.4 Å². The number of para-hydroxylation sites is 2. The van der Waals surface area contributed by atoms with Crippen molar-refractivity contribution < 1.29 is 19.4 Å². The van der Waals surface area contributed by atoms with E-state index in [1.807, 2.05) is 38.2 Å². The highest BCUT2D eigenvalue weighted by Crippen LogP contribution is 2.24. The summed E-state index contributed by atoms with van der Waals surface area (Å²) in [6.07, 6.45) is -0.288. The first kappa shape index (κ1) is 25.6. The van der Waals surface area contributed by atoms with E-state index < -0.39 is 12.2 Å². The second-order valence-electron chi connectivity index (χ2n) is 8.04. The van der Waals surface area contributed by atoms with Crippen molar-refractivity contribution >= 4 is 29.1 Å². The Morgan fingerprint density at radius 2 is 1.71 bits per heavy atom. The highest BCUT2D eigenvalue weighted by atomic mass is 16.6. The van der Waals surface area contributed by atoms with Crippen molar-refractivity contribution in [3.63, 3.8) is 0 Å². The average Bonchev–Trinajstić information content (AvgIpc) is 2.88. The van der Waals surface area contributed by atoms with E-state index in [-0.39, 0.29) is 25.6 Å². The van der Waals surface area contributed by atoms with Crippen LogP contribution in [0.25, 0.3) is 0 Å². The van der Waals surface area contributed by atoms with Crippen LogP contribution in [0.15, 0.2) is 72.8 Å². The molecule has 0 spiro atoms. The lowest BCUT2D eigenvalue weighted by molar-refractivity contribution is 0.0533. The van der Waals surface area contributed by atoms with Gasteiger partial charge in [0.15, 0.2) is 0 Å². The van der Waals surface area contributed by atoms with E-state index in [1.54, 1.807) is 48.5 Å². The van der Waals surface area contributed by atoms with Gasteiger partial charge in [-0.3, -0.25) is 4.79 Å². The summed E-state index contributed by atoms with van der Waals surface area (Å²) in [6.45, 7) is 2.13. The van der Waals surface area contributed by atoms with Crippen molar-refractivity contribution in [1.82, 2.24) is 4.90 Å². The van der Waals surface area contributed by atoms with Crippen molar-refractivity contribution in [2.75, 3.05) is 36.6 Å². The van der Waals surface area contributed by atoms with E-state index in [9.17, 15) is 14.7 Å². The molecule has 0 saturated heterocycles. The highest BCUT2D eigenvalue weighted by molar-refractivity contribution is 6.05. The maximum Gasteiger partial charge on any atom is 0.410 e. The minimum atomic E-state index is -0.509. The lowest BCUT2D eigenvalue weighted by Gasteiger charge is -2.25. The molecule has 3 aromatic rings. The summed E-state index contributed by atoms with van der Waals surface area (Å²) in [6, 6.07) is 21.7. The summed E-state index contributed by atoms with van der Waals surface area (Å²) in [7, 11) is 1.84. The number of benzene rings is 3. The minimum absolute atomic E-state index is 0.128. The molecule has 3 rings (SSSR count). The van der Waals surface area contributed by atoms with Gasteiger partial charge >= 0.3 is 6.09 Å². The molecule has 2 amide bonds. The molecule has 35 heavy (non-hydrogen) atoms. The second kappa shape index (κ2) is 12.4. The van der Waals surface area contributed by atoms with Crippen LogP contribution in [0.3, 0.4) is 0 Å². The van der Waals surface area contributed by atoms with Gasteiger partial charge < -0.3 is 31.1 Å². The number of amides is 2. The van der Waals surface area contributed by atoms with E-state index >= 15 is 0 Å². The van der Waals surface area contributed by atoms with Crippen LogP contribution in [0.4, 0.5) is 21.9 Å². The molecule has 0 unspecified atom stereocenters. The summed E-state index contributed by atoms with van der Waals surface area (Å²) < 4.78 is 5.77. The van der Waals surface area contributed by atoms with Gasteiger partial charge in [0.2, 0.25) is 0 Å². The number of nitrogens with zero attached hydrogens (tertiary/aromatic N) is 1. The number of ether oxygens (including phenoxy) is 1. The van der Waals surface area contributed by atoms with E-state index in [2.05, 4.69) is 10.6 Å². The average molecular weight is 477 g/mol. The van der Waals surface area contributed by atoms with E-state index in [0.717, 1.165) is 16.8 Å². The predicted molar refractivity (Wildman–Crippen MR) is 138 cm³/mol. The number of aliphatic hydroxyl groups is 1. The first-order valence-electron chi connectivity index (χ1n) is 11.5. The van der Waals surface area contributed by atoms with Crippen LogP contribution in [0.2, 0.25) is 0 Å². The molecule has 0 aliphatic heterocycles. The molecule has 0 radical (unpaired) electrons. The summed E-state index contributed by atoms with van der Waals surface area (Å²) in [4.78, 5) is 26.9. The number of nitrogens with one attached hydrogen (secondary N) is 2. The van der Waals surface area contributed by atoms with Crippen molar-refractivity contribution in [3.05, 3.63) is 89.5 Å². The van der Waals surface area contributed by atoms with Gasteiger partial charge in [0.05, 0.1) is 18.0 Å². The van der Waals surface area contributed by atoms with Crippen molar-refractivity contribution in [2.24, 2.45) is 0 Å². The summed E-state index contributed by atoms with van der Waals surface area (Å²) in [5, 5.41) is 15.3. The standard InChI is InChI=1S/C27H32N4O4/c1-3-25(20-12-14-22(29-2)15-13-20)35-27(34)31(16-17-32)18-19-8-10-21(11-9-19)26(33)30-24-7-5-4-6-23(24)28/h4-15,25,29,32H,3,16-18,28H2,1-2H3,(H,30,33)/t25-/m1/s1. The van der Waals surface area contributed by atoms with Gasteiger partial charge in [0.1, 0.15) is 6.10 Å². The third kappa shape index (κ3) is 6.97. The van der Waals surface area contributed by atoms with Crippen LogP contribution in [-0.2, 0) is 11.3 Å². The Bertz CT molecular complexity index is 1120. The monoisotopic (exact) mass is 476 g/mol. The first-order chi connectivity index (χ1) is 16.9. The smallest absolute Gasteiger partial charge is 0.410 e. The van der Waals surface area contributed by atoms with Gasteiger partial charge in [-0.05, 0) is 53.9 Å². The Morgan fingerprint density at radius 3 is 2.31 bits per heavy atom. The second-order valence-corrected chi connectivity index (χ2v) is 8.04. The largest absolute Gasteiger partial charge is 0.441 e. The quantitative estimate of drug-likeness (QED) is 0.317. The molecule has 0 aliphatic carbocycles. The summed E-state index contributed by atoms with van der Waals surface area (Å²) >= 11 is 0. The maximum absolute atomic E-state index is 12.9. The molecule has 0 saturated carbocycles. The molecule has 0 fully saturated rings. The zero-order chi connectivity index (χ0) is 25.2. The Labute approximate surface area is 205 Å². The van der Waals surface area contributed by atoms with E-state index in [0.29, 0.717) is 23.4 Å². The van der Waals surface area contributed by atoms with Gasteiger partial charge in [0.25, 0.3) is 5.91 Å². The van der Waals surface area contributed by atoms with Crippen LogP contribution in [0, 0.1) is 0 Å². The molecule has 1 atom stereocenters. The Morgan fingerprint density at radius 1 is 1.03 bits per heavy atom. The number of carbonyl (C=O) groups excluding carboxylic acids is 2. The fraction of sp³-hybridized carbons (Fsp3) is 0.259. The summed E-state index contributed by atoms with van der Waals surface area (Å²) in [5.41, 5.74) is 10.1. The summed E-state index contributed by atoms with van der Waals surface area (Å²) in [5.74, 6) is -0.281. The normalized spacial score (nSPS) is 11.4. The van der Waals surface area contributed by atoms with Crippen LogP contribution < -0.4 is 16.4 Å². The number of nitrogen functional groups attached to an aromatic ring is 1. The van der Waals surface area contributed by atoms with Crippen LogP contribution in [0.5, 0.6) is 0 Å². The molecule has 0 bridgehead atoms. The van der Waals surface area contributed by atoms with Gasteiger partial charge in [-0.15, -0.1) is 0 Å². The molecular formula is C27H32N4O4. The zero-order valence-corrected chi connectivity index (χ0v) is 20.0. The molecular weight excluding hydrogens is 444 g/mol. The van der Waals surface area contributed by atoms with Crippen LogP contribution in [-0.4, -0.2) is 42.2 Å². The molecule has 8 heteroatoms. The highest BCUT2D eigenvalue weighted by Gasteiger charge is 2.21. The van der Waals surface area contributed by atoms with Gasteiger partial charge in [-0.1, -0.05) is 43.3 Å². The topological polar surface area (TPSA) is 117 Å². The lowest BCUT2D eigenvalue weighted by atomic mass is 10.1. The van der Waals surface area contributed by atoms with Crippen molar-refractivity contribution in [2.45, 2.75) is 26.0 Å². The molecule has 8 nitrogen and oxygen atoms in total. The van der Waals surface area contributed by atoms with Gasteiger partial charge in [-0.2, -0.15) is 0 Å². The first-order valence-corrected chi connectivity index (χ1v) is 11.5. The SMILES string of the molecule is CC[C@@H](OC(=O)N(CCO)Cc1ccc(C(=O)Nc2ccccc2N)cc1)c1ccc(NC)cc1. The van der Waals surface area contributed by atoms with Crippen LogP contribution in [0.1, 0.15) is 40.9 Å². The molecule has 184 valence electrons. The molecule has 0 heterocycles. The molecule has 0 aliphatic rings. The molecule has 3 aromatic carbocycles. The predicted octanol–water partition coefficient (Wildman–Crippen LogP) is 4.65. The van der Waals surface area contributed by atoms with Crippen molar-refractivity contribution in [1.29, 1.82) is 0 Å². The Hall–Kier alpha value is -4.04. The third-order valence-corrected chi connectivity index (χ3v) is 5.61.